The first-order chi connectivity index (χ1) is 32.0. The summed E-state index contributed by atoms with van der Waals surface area (Å²) in [6.45, 7) is 25.7. The zero-order chi connectivity index (χ0) is 48.7. The molecule has 8 bridgehead atoms. The van der Waals surface area contributed by atoms with Gasteiger partial charge < -0.3 is 9.47 Å². The van der Waals surface area contributed by atoms with Gasteiger partial charge in [0.2, 0.25) is 5.78 Å². The Balaban J connectivity index is 1.26. The van der Waals surface area contributed by atoms with Gasteiger partial charge in [-0.3, -0.25) is 14.6 Å². The van der Waals surface area contributed by atoms with Crippen molar-refractivity contribution < 1.29 is 33.6 Å². The third-order valence-corrected chi connectivity index (χ3v) is 14.5. The van der Waals surface area contributed by atoms with Crippen molar-refractivity contribution in [1.82, 2.24) is 0 Å². The van der Waals surface area contributed by atoms with E-state index in [0.717, 1.165) is 64.1 Å². The summed E-state index contributed by atoms with van der Waals surface area (Å²) in [7, 11) is 2.44. The number of ketones is 1. The molecule has 5 atom stereocenters. The lowest BCUT2D eigenvalue weighted by Gasteiger charge is -2.27. The lowest BCUT2D eigenvalue weighted by Crippen LogP contribution is -2.49. The largest absolute Gasteiger partial charge is 0.466 e. The monoisotopic (exact) mass is 915 g/mol. The predicted molar refractivity (Wildman–Crippen MR) is 269 cm³/mol. The molecule has 6 aliphatic rings. The van der Waals surface area contributed by atoms with Gasteiger partial charge in [0.1, 0.15) is 6.61 Å². The lowest BCUT2D eigenvalue weighted by atomic mass is 9.82. The molecule has 0 aromatic heterocycles. The number of carbonyl (C=O) groups is 3. The molecular formula is C56H74N4O7. The summed E-state index contributed by atoms with van der Waals surface area (Å²) in [5, 5.41) is 0. The number of esters is 2. The van der Waals surface area contributed by atoms with Crippen molar-refractivity contribution in [2.75, 3.05) is 20.8 Å². The van der Waals surface area contributed by atoms with Gasteiger partial charge in [-0.25, -0.2) is 29.5 Å². The highest BCUT2D eigenvalue weighted by atomic mass is 17.2. The van der Waals surface area contributed by atoms with Gasteiger partial charge in [-0.05, 0) is 118 Å². The van der Waals surface area contributed by atoms with Crippen LogP contribution < -0.4 is 0 Å². The SMILES string of the molecule is C=CC1=C(C)C2=CC3=NC(=C4C5=NC(=CC6=NC(=CC1=N2)C(C)=C6CC)C(C)=C5C(=O)[C@@]4(OOC)C(=O)OC)[C@@H](CCC(=O)OCC=C(C)CCC[C@@H](C)CCC[C@@H](C)CCCC(C)C)[C@@H]3C. The van der Waals surface area contributed by atoms with Gasteiger partial charge in [-0.15, -0.1) is 0 Å². The van der Waals surface area contributed by atoms with E-state index in [9.17, 15) is 14.4 Å². The molecule has 1 fully saturated rings. The maximum absolute atomic E-state index is 14.9. The molecule has 0 spiro atoms. The van der Waals surface area contributed by atoms with Crippen LogP contribution in [0.3, 0.4) is 0 Å². The van der Waals surface area contributed by atoms with E-state index < -0.39 is 23.3 Å². The Morgan fingerprint density at radius 3 is 2.09 bits per heavy atom. The fourth-order valence-corrected chi connectivity index (χ4v) is 10.3. The van der Waals surface area contributed by atoms with E-state index in [1.54, 1.807) is 13.0 Å². The third-order valence-electron chi connectivity index (χ3n) is 14.5. The van der Waals surface area contributed by atoms with Crippen molar-refractivity contribution in [3.63, 3.8) is 0 Å². The number of Topliss-reactive ketones (excluding diaryl/α,β-unsaturated/α-hetero) is 1. The Morgan fingerprint density at radius 1 is 0.821 bits per heavy atom. The number of allylic oxidation sites excluding steroid dienone is 11. The Labute approximate surface area is 399 Å². The lowest BCUT2D eigenvalue weighted by molar-refractivity contribution is -0.315. The standard InChI is InChI=1S/C56H74N4O7/c1-14-40-36(8)43-29-45-38(10)42(25-26-49(61)66-28-27-35(7)24-18-23-34(6)22-17-21-33(5)20-16-19-32(3)4)52(59-45)51-53-50(54(62)56(51,67-65-13)55(63)64-12)39(11)46(60-53)31-48-41(15-2)37(9)44(58-48)30-47(40)57-43/h14,27,29-34,38,42H,1,15-26,28H2,2-13H3/t33-,34-,38-,42-,56+/m0/s1. The van der Waals surface area contributed by atoms with Gasteiger partial charge in [0.25, 0.3) is 5.60 Å². The summed E-state index contributed by atoms with van der Waals surface area (Å²) in [5.74, 6) is -0.470. The van der Waals surface area contributed by atoms with Crippen LogP contribution in [-0.2, 0) is 33.6 Å². The molecule has 0 aromatic rings. The Kier molecular flexibility index (Phi) is 17.1. The van der Waals surface area contributed by atoms with Crippen LogP contribution in [-0.4, -0.2) is 67.0 Å². The molecule has 0 unspecified atom stereocenters. The number of ether oxygens (including phenoxy) is 2. The number of carbonyl (C=O) groups excluding carboxylic acids is 3. The Morgan fingerprint density at radius 2 is 1.45 bits per heavy atom. The Hall–Kier alpha value is -5.13. The molecule has 5 aliphatic heterocycles. The highest BCUT2D eigenvalue weighted by Crippen LogP contribution is 2.50. The fourth-order valence-electron chi connectivity index (χ4n) is 10.3. The molecule has 1 aliphatic carbocycles. The van der Waals surface area contributed by atoms with E-state index in [2.05, 4.69) is 48.1 Å². The molecule has 0 amide bonds. The number of hydrogen-bond donors (Lipinski definition) is 0. The van der Waals surface area contributed by atoms with Crippen molar-refractivity contribution in [3.05, 3.63) is 104 Å². The smallest absolute Gasteiger partial charge is 0.354 e. The average molecular weight is 915 g/mol. The zero-order valence-corrected chi connectivity index (χ0v) is 42.3. The first-order valence-corrected chi connectivity index (χ1v) is 24.7. The maximum Gasteiger partial charge on any atom is 0.354 e. The van der Waals surface area contributed by atoms with Gasteiger partial charge >= 0.3 is 11.9 Å². The van der Waals surface area contributed by atoms with Crippen molar-refractivity contribution in [2.24, 2.45) is 49.6 Å². The topological polar surface area (TPSA) is 138 Å². The van der Waals surface area contributed by atoms with Crippen LogP contribution in [0.5, 0.6) is 0 Å². The second kappa shape index (κ2) is 22.3. The summed E-state index contributed by atoms with van der Waals surface area (Å²) in [6.07, 6.45) is 21.9. The molecule has 0 radical (unpaired) electrons. The normalized spacial score (nSPS) is 23.4. The summed E-state index contributed by atoms with van der Waals surface area (Å²) in [4.78, 5) is 74.0. The number of aliphatic imine (C=N–C) groups is 4. The second-order valence-electron chi connectivity index (χ2n) is 19.8. The van der Waals surface area contributed by atoms with Crippen LogP contribution in [0.1, 0.15) is 146 Å². The molecule has 67 heavy (non-hydrogen) atoms. The molecule has 5 heterocycles. The summed E-state index contributed by atoms with van der Waals surface area (Å²) < 4.78 is 11.1. The molecule has 1 saturated carbocycles. The van der Waals surface area contributed by atoms with Crippen molar-refractivity contribution in [1.29, 1.82) is 0 Å². The first kappa shape index (κ1) is 51.3. The van der Waals surface area contributed by atoms with E-state index in [4.69, 9.17) is 39.2 Å². The zero-order valence-electron chi connectivity index (χ0n) is 42.3. The second-order valence-corrected chi connectivity index (χ2v) is 19.8. The minimum atomic E-state index is -2.36. The van der Waals surface area contributed by atoms with E-state index >= 15 is 0 Å². The number of rotatable bonds is 22. The van der Waals surface area contributed by atoms with Crippen LogP contribution in [0.2, 0.25) is 0 Å². The molecule has 11 nitrogen and oxygen atoms in total. The van der Waals surface area contributed by atoms with Gasteiger partial charge in [0.05, 0.1) is 65.3 Å². The molecular weight excluding hydrogens is 841 g/mol. The van der Waals surface area contributed by atoms with Gasteiger partial charge in [0, 0.05) is 29.5 Å². The molecule has 11 heteroatoms. The van der Waals surface area contributed by atoms with E-state index in [0.29, 0.717) is 47.1 Å². The molecule has 6 rings (SSSR count). The average Bonchev–Trinajstić information content (AvgIpc) is 4.02. The fraction of sp³-hybridized carbons (Fsp3) is 0.554. The van der Waals surface area contributed by atoms with Gasteiger partial charge in [0.15, 0.2) is 0 Å². The quantitative estimate of drug-likeness (QED) is 0.0346. The van der Waals surface area contributed by atoms with E-state index in [1.807, 2.05) is 45.1 Å². The predicted octanol–water partition coefficient (Wildman–Crippen LogP) is 12.3. The minimum Gasteiger partial charge on any atom is -0.466 e. The highest BCUT2D eigenvalue weighted by Gasteiger charge is 2.65. The van der Waals surface area contributed by atoms with Gasteiger partial charge in [-0.2, -0.15) is 0 Å². The van der Waals surface area contributed by atoms with Crippen LogP contribution >= 0.6 is 0 Å². The molecule has 0 aromatic carbocycles. The van der Waals surface area contributed by atoms with E-state index in [1.165, 1.54) is 64.7 Å². The maximum atomic E-state index is 14.9. The molecule has 0 N–H and O–H groups in total. The number of nitrogens with zero attached hydrogens (tertiary/aromatic N) is 4. The highest BCUT2D eigenvalue weighted by molar-refractivity contribution is 6.46. The number of fused-ring (bicyclic) bond motifs is 4. The minimum absolute atomic E-state index is 0.0658. The first-order valence-electron chi connectivity index (χ1n) is 24.7. The summed E-state index contributed by atoms with van der Waals surface area (Å²) in [5.41, 5.74) is 8.40. The van der Waals surface area contributed by atoms with Crippen LogP contribution in [0, 0.1) is 29.6 Å². The van der Waals surface area contributed by atoms with Crippen LogP contribution in [0.25, 0.3) is 0 Å². The van der Waals surface area contributed by atoms with Crippen LogP contribution in [0.4, 0.5) is 0 Å². The van der Waals surface area contributed by atoms with Crippen molar-refractivity contribution in [2.45, 2.75) is 152 Å². The third kappa shape index (κ3) is 10.8. The summed E-state index contributed by atoms with van der Waals surface area (Å²) >= 11 is 0. The van der Waals surface area contributed by atoms with Crippen molar-refractivity contribution in [3.8, 4) is 0 Å². The van der Waals surface area contributed by atoms with E-state index in [-0.39, 0.29) is 41.8 Å². The Bertz CT molecular complexity index is 2420. The molecule has 0 saturated heterocycles. The molecule has 360 valence electrons. The van der Waals surface area contributed by atoms with Crippen molar-refractivity contribution >= 4 is 40.6 Å². The number of methoxy groups -OCH3 is 1. The summed E-state index contributed by atoms with van der Waals surface area (Å²) in [6, 6.07) is 0. The van der Waals surface area contributed by atoms with Gasteiger partial charge in [-0.1, -0.05) is 105 Å². The number of hydrogen-bond acceptors (Lipinski definition) is 11. The van der Waals surface area contributed by atoms with Crippen LogP contribution in [0.15, 0.2) is 124 Å².